The molecule has 1 aliphatic rings. The third kappa shape index (κ3) is 2.64. The molecule has 0 spiro atoms. The highest BCUT2D eigenvalue weighted by Gasteiger charge is 2.38. The minimum atomic E-state index is -1.30. The van der Waals surface area contributed by atoms with E-state index in [2.05, 4.69) is 0 Å². The molecule has 1 unspecified atom stereocenters. The van der Waals surface area contributed by atoms with Gasteiger partial charge in [0.25, 0.3) is 6.04 Å². The van der Waals surface area contributed by atoms with Crippen LogP contribution in [-0.4, -0.2) is 47.4 Å². The van der Waals surface area contributed by atoms with Gasteiger partial charge in [-0.05, 0) is 6.92 Å². The number of likely N-dealkylation sites (tertiary alicyclic amines) is 1. The molecular formula is C8H12N2O5. The van der Waals surface area contributed by atoms with Crippen molar-refractivity contribution in [2.24, 2.45) is 0 Å². The predicted molar refractivity (Wildman–Crippen MR) is 49.0 cm³/mol. The number of carbonyl (C=O) groups excluding carboxylic acids is 2. The molecule has 7 nitrogen and oxygen atoms in total. The molecule has 0 aromatic carbocycles. The molecule has 0 radical (unpaired) electrons. The molecule has 0 aromatic rings. The zero-order valence-corrected chi connectivity index (χ0v) is 8.34. The van der Waals surface area contributed by atoms with E-state index >= 15 is 0 Å². The lowest BCUT2D eigenvalue weighted by molar-refractivity contribution is -0.508. The molecule has 0 bridgehead atoms. The highest BCUT2D eigenvalue weighted by atomic mass is 16.6. The fourth-order valence-electron chi connectivity index (χ4n) is 1.38. The summed E-state index contributed by atoms with van der Waals surface area (Å²) >= 11 is 0. The van der Waals surface area contributed by atoms with Crippen molar-refractivity contribution in [3.8, 4) is 0 Å². The number of nitro groups is 1. The van der Waals surface area contributed by atoms with E-state index in [4.69, 9.17) is 4.74 Å². The lowest BCUT2D eigenvalue weighted by Crippen LogP contribution is -2.50. The van der Waals surface area contributed by atoms with Gasteiger partial charge in [-0.15, -0.1) is 0 Å². The van der Waals surface area contributed by atoms with Crippen molar-refractivity contribution in [1.82, 2.24) is 4.90 Å². The van der Waals surface area contributed by atoms with E-state index in [1.807, 2.05) is 0 Å². The standard InChI is InChI=1S/C8H12N2O5/c1-2-15-8(12)9-4-3-7(11)6(5-9)10(13)14/h6H,2-5H2,1H3. The van der Waals surface area contributed by atoms with Gasteiger partial charge in [0.2, 0.25) is 5.78 Å². The van der Waals surface area contributed by atoms with E-state index in [1.54, 1.807) is 6.92 Å². The highest BCUT2D eigenvalue weighted by Crippen LogP contribution is 2.10. The first-order valence-electron chi connectivity index (χ1n) is 4.64. The van der Waals surface area contributed by atoms with E-state index in [0.29, 0.717) is 0 Å². The van der Waals surface area contributed by atoms with Crippen molar-refractivity contribution in [2.45, 2.75) is 19.4 Å². The smallest absolute Gasteiger partial charge is 0.410 e. The summed E-state index contributed by atoms with van der Waals surface area (Å²) in [6.45, 7) is 1.87. The largest absolute Gasteiger partial charge is 0.450 e. The van der Waals surface area contributed by atoms with Gasteiger partial charge in [-0.2, -0.15) is 0 Å². The van der Waals surface area contributed by atoms with Gasteiger partial charge in [-0.1, -0.05) is 0 Å². The van der Waals surface area contributed by atoms with Gasteiger partial charge >= 0.3 is 6.09 Å². The molecule has 84 valence electrons. The average molecular weight is 216 g/mol. The molecule has 1 rings (SSSR count). The van der Waals surface area contributed by atoms with E-state index in [0.717, 1.165) is 0 Å². The summed E-state index contributed by atoms with van der Waals surface area (Å²) < 4.78 is 4.70. The number of hydrogen-bond acceptors (Lipinski definition) is 5. The lowest BCUT2D eigenvalue weighted by Gasteiger charge is -2.26. The normalized spacial score (nSPS) is 21.3. The van der Waals surface area contributed by atoms with Crippen LogP contribution in [0, 0.1) is 10.1 Å². The molecule has 1 heterocycles. The van der Waals surface area contributed by atoms with Crippen LogP contribution in [0.2, 0.25) is 0 Å². The number of nitrogens with zero attached hydrogens (tertiary/aromatic N) is 2. The Morgan fingerprint density at radius 2 is 2.40 bits per heavy atom. The van der Waals surface area contributed by atoms with E-state index in [1.165, 1.54) is 4.90 Å². The molecule has 15 heavy (non-hydrogen) atoms. The topological polar surface area (TPSA) is 89.8 Å². The van der Waals surface area contributed by atoms with Crippen LogP contribution in [0.4, 0.5) is 4.79 Å². The van der Waals surface area contributed by atoms with Crippen molar-refractivity contribution in [3.63, 3.8) is 0 Å². The average Bonchev–Trinajstić information content (AvgIpc) is 2.18. The number of Topliss-reactive ketones (excluding diaryl/α,β-unsaturated/α-hetero) is 1. The Morgan fingerprint density at radius 1 is 1.73 bits per heavy atom. The van der Waals surface area contributed by atoms with Gasteiger partial charge in [0.1, 0.15) is 0 Å². The van der Waals surface area contributed by atoms with E-state index in [9.17, 15) is 19.7 Å². The summed E-state index contributed by atoms with van der Waals surface area (Å²) in [5.41, 5.74) is 0. The Kier molecular flexibility index (Phi) is 3.59. The second-order valence-corrected chi connectivity index (χ2v) is 3.16. The summed E-state index contributed by atoms with van der Waals surface area (Å²) in [6, 6.07) is -1.30. The maximum absolute atomic E-state index is 11.2. The molecular weight excluding hydrogens is 204 g/mol. The number of hydrogen-bond donors (Lipinski definition) is 0. The molecule has 1 saturated heterocycles. The summed E-state index contributed by atoms with van der Waals surface area (Å²) in [5.74, 6) is -0.430. The van der Waals surface area contributed by atoms with Crippen LogP contribution in [0.5, 0.6) is 0 Å². The SMILES string of the molecule is CCOC(=O)N1CCC(=O)C([N+](=O)[O-])C1. The minimum absolute atomic E-state index is 0.0183. The zero-order chi connectivity index (χ0) is 11.4. The maximum Gasteiger partial charge on any atom is 0.410 e. The Hall–Kier alpha value is -1.66. The monoisotopic (exact) mass is 216 g/mol. The van der Waals surface area contributed by atoms with Gasteiger partial charge < -0.3 is 9.64 Å². The summed E-state index contributed by atoms with van der Waals surface area (Å²) in [4.78, 5) is 33.4. The molecule has 1 aliphatic heterocycles. The second kappa shape index (κ2) is 4.72. The van der Waals surface area contributed by atoms with Gasteiger partial charge in [-0.25, -0.2) is 4.79 Å². The van der Waals surface area contributed by atoms with Crippen LogP contribution in [0.3, 0.4) is 0 Å². The predicted octanol–water partition coefficient (Wildman–Crippen LogP) is 0.0630. The number of ketones is 1. The minimum Gasteiger partial charge on any atom is -0.450 e. The van der Waals surface area contributed by atoms with Gasteiger partial charge in [0.05, 0.1) is 13.2 Å². The van der Waals surface area contributed by atoms with Crippen LogP contribution in [0.1, 0.15) is 13.3 Å². The Bertz CT molecular complexity index is 291. The molecule has 1 atom stereocenters. The van der Waals surface area contributed by atoms with Crippen LogP contribution in [0.25, 0.3) is 0 Å². The molecule has 0 aliphatic carbocycles. The molecule has 7 heteroatoms. The Labute approximate surface area is 86.1 Å². The summed E-state index contributed by atoms with van der Waals surface area (Å²) in [5, 5.41) is 10.5. The van der Waals surface area contributed by atoms with Crippen LogP contribution < -0.4 is 0 Å². The molecule has 1 fully saturated rings. The number of piperidine rings is 1. The Balaban J connectivity index is 2.61. The van der Waals surface area contributed by atoms with Crippen LogP contribution >= 0.6 is 0 Å². The highest BCUT2D eigenvalue weighted by molar-refractivity contribution is 5.85. The fourth-order valence-corrected chi connectivity index (χ4v) is 1.38. The van der Waals surface area contributed by atoms with Gasteiger partial charge in [0.15, 0.2) is 0 Å². The van der Waals surface area contributed by atoms with Crippen LogP contribution in [0.15, 0.2) is 0 Å². The third-order valence-corrected chi connectivity index (χ3v) is 2.17. The van der Waals surface area contributed by atoms with E-state index < -0.39 is 22.8 Å². The first kappa shape index (κ1) is 11.4. The van der Waals surface area contributed by atoms with Crippen molar-refractivity contribution >= 4 is 11.9 Å². The summed E-state index contributed by atoms with van der Waals surface area (Å²) in [6.07, 6.45) is -0.582. The third-order valence-electron chi connectivity index (χ3n) is 2.17. The Morgan fingerprint density at radius 3 is 2.93 bits per heavy atom. The lowest BCUT2D eigenvalue weighted by atomic mass is 10.1. The van der Waals surface area contributed by atoms with Crippen molar-refractivity contribution in [2.75, 3.05) is 19.7 Å². The number of carbonyl (C=O) groups is 2. The van der Waals surface area contributed by atoms with Crippen LogP contribution in [-0.2, 0) is 9.53 Å². The zero-order valence-electron chi connectivity index (χ0n) is 8.34. The first-order valence-corrected chi connectivity index (χ1v) is 4.64. The maximum atomic E-state index is 11.2. The van der Waals surface area contributed by atoms with E-state index in [-0.39, 0.29) is 26.1 Å². The second-order valence-electron chi connectivity index (χ2n) is 3.16. The number of amides is 1. The van der Waals surface area contributed by atoms with Crippen molar-refractivity contribution in [3.05, 3.63) is 10.1 Å². The molecule has 0 N–H and O–H groups in total. The number of ether oxygens (including phenoxy) is 1. The quantitative estimate of drug-likeness (QED) is 0.481. The number of rotatable bonds is 2. The molecule has 0 aromatic heterocycles. The van der Waals surface area contributed by atoms with Gasteiger partial charge in [-0.3, -0.25) is 14.9 Å². The van der Waals surface area contributed by atoms with Gasteiger partial charge in [0, 0.05) is 17.9 Å². The molecule has 0 saturated carbocycles. The summed E-state index contributed by atoms with van der Waals surface area (Å²) in [7, 11) is 0. The first-order chi connectivity index (χ1) is 7.06. The fraction of sp³-hybridized carbons (Fsp3) is 0.750. The molecule has 1 amide bonds. The van der Waals surface area contributed by atoms with Crippen molar-refractivity contribution in [1.29, 1.82) is 0 Å². The van der Waals surface area contributed by atoms with Crippen molar-refractivity contribution < 1.29 is 19.2 Å².